The van der Waals surface area contributed by atoms with Crippen molar-refractivity contribution in [1.82, 2.24) is 10.2 Å². The maximum atomic E-state index is 12.3. The molecule has 0 spiro atoms. The largest absolute Gasteiger partial charge is 0.573 e. The van der Waals surface area contributed by atoms with E-state index in [1.807, 2.05) is 11.4 Å². The van der Waals surface area contributed by atoms with Gasteiger partial charge in [0, 0.05) is 17.0 Å². The van der Waals surface area contributed by atoms with E-state index < -0.39 is 6.36 Å². The minimum Gasteiger partial charge on any atom is -0.406 e. The number of thiophene rings is 1. The second-order valence-corrected chi connectivity index (χ2v) is 7.04. The first-order valence-corrected chi connectivity index (χ1v) is 9.22. The molecule has 26 heavy (non-hydrogen) atoms. The summed E-state index contributed by atoms with van der Waals surface area (Å²) in [4.78, 5) is 15.9. The molecular formula is C18H19F3N2O2S. The SMILES string of the molecule is O=C(NC[C@H](c1cccs1)N1CCCC1)c1ccc(OC(F)(F)F)cc1. The Balaban J connectivity index is 1.61. The second kappa shape index (κ2) is 8.09. The number of likely N-dealkylation sites (tertiary alicyclic amines) is 1. The van der Waals surface area contributed by atoms with Gasteiger partial charge in [-0.25, -0.2) is 0 Å². The zero-order valence-electron chi connectivity index (χ0n) is 14.0. The molecule has 1 atom stereocenters. The van der Waals surface area contributed by atoms with Crippen LogP contribution < -0.4 is 10.1 Å². The molecule has 0 radical (unpaired) electrons. The van der Waals surface area contributed by atoms with Crippen molar-refractivity contribution >= 4 is 17.2 Å². The van der Waals surface area contributed by atoms with Crippen molar-refractivity contribution in [2.75, 3.05) is 19.6 Å². The lowest BCUT2D eigenvalue weighted by Gasteiger charge is -2.27. The molecule has 4 nitrogen and oxygen atoms in total. The lowest BCUT2D eigenvalue weighted by Crippen LogP contribution is -2.36. The number of carbonyl (C=O) groups excluding carboxylic acids is 1. The van der Waals surface area contributed by atoms with Gasteiger partial charge in [0.2, 0.25) is 0 Å². The molecule has 1 aliphatic heterocycles. The number of carbonyl (C=O) groups is 1. The summed E-state index contributed by atoms with van der Waals surface area (Å²) in [5.74, 6) is -0.660. The van der Waals surface area contributed by atoms with Crippen molar-refractivity contribution in [3.63, 3.8) is 0 Å². The van der Waals surface area contributed by atoms with Crippen LogP contribution >= 0.6 is 11.3 Å². The Kier molecular flexibility index (Phi) is 5.83. The van der Waals surface area contributed by atoms with Crippen LogP contribution in [0.4, 0.5) is 13.2 Å². The van der Waals surface area contributed by atoms with Gasteiger partial charge in [-0.3, -0.25) is 9.69 Å². The third-order valence-electron chi connectivity index (χ3n) is 4.26. The summed E-state index contributed by atoms with van der Waals surface area (Å²) in [6, 6.07) is 9.10. The molecule has 0 unspecified atom stereocenters. The predicted octanol–water partition coefficient (Wildman–Crippen LogP) is 4.21. The first-order valence-electron chi connectivity index (χ1n) is 8.34. The number of rotatable bonds is 6. The fraction of sp³-hybridized carbons (Fsp3) is 0.389. The zero-order valence-corrected chi connectivity index (χ0v) is 14.8. The Labute approximate surface area is 153 Å². The molecule has 1 N–H and O–H groups in total. The number of nitrogens with zero attached hydrogens (tertiary/aromatic N) is 1. The summed E-state index contributed by atoms with van der Waals surface area (Å²) in [6.07, 6.45) is -2.44. The zero-order chi connectivity index (χ0) is 18.6. The van der Waals surface area contributed by atoms with Crippen LogP contribution in [0.1, 0.15) is 34.1 Å². The molecule has 3 rings (SSSR count). The van der Waals surface area contributed by atoms with Gasteiger partial charge in [-0.15, -0.1) is 24.5 Å². The fourth-order valence-electron chi connectivity index (χ4n) is 3.04. The number of alkyl halides is 3. The minimum absolute atomic E-state index is 0.120. The molecule has 1 amide bonds. The maximum absolute atomic E-state index is 12.3. The van der Waals surface area contributed by atoms with E-state index in [0.29, 0.717) is 12.1 Å². The van der Waals surface area contributed by atoms with Crippen LogP contribution in [0.25, 0.3) is 0 Å². The standard InChI is InChI=1S/C18H19F3N2O2S/c19-18(20,21)25-14-7-5-13(6-8-14)17(24)22-12-15(16-4-3-11-26-16)23-9-1-2-10-23/h3-8,11,15H,1-2,9-10,12H2,(H,22,24)/t15-/m1/s1. The number of hydrogen-bond donors (Lipinski definition) is 1. The van der Waals surface area contributed by atoms with E-state index in [-0.39, 0.29) is 17.7 Å². The Morgan fingerprint density at radius 3 is 2.46 bits per heavy atom. The maximum Gasteiger partial charge on any atom is 0.573 e. The van der Waals surface area contributed by atoms with E-state index in [2.05, 4.69) is 21.0 Å². The third-order valence-corrected chi connectivity index (χ3v) is 5.23. The van der Waals surface area contributed by atoms with Crippen molar-refractivity contribution in [3.05, 3.63) is 52.2 Å². The molecule has 0 saturated carbocycles. The van der Waals surface area contributed by atoms with Gasteiger partial charge in [0.05, 0.1) is 6.04 Å². The highest BCUT2D eigenvalue weighted by atomic mass is 32.1. The summed E-state index contributed by atoms with van der Waals surface area (Å²) >= 11 is 1.66. The number of hydrogen-bond acceptors (Lipinski definition) is 4. The monoisotopic (exact) mass is 384 g/mol. The molecule has 1 fully saturated rings. The first-order chi connectivity index (χ1) is 12.4. The van der Waals surface area contributed by atoms with Crippen molar-refractivity contribution < 1.29 is 22.7 Å². The van der Waals surface area contributed by atoms with Crippen LogP contribution in [0, 0.1) is 0 Å². The van der Waals surface area contributed by atoms with Gasteiger partial charge in [0.15, 0.2) is 0 Å². The number of benzene rings is 1. The van der Waals surface area contributed by atoms with Gasteiger partial charge < -0.3 is 10.1 Å². The highest BCUT2D eigenvalue weighted by Gasteiger charge is 2.31. The van der Waals surface area contributed by atoms with Crippen molar-refractivity contribution in [3.8, 4) is 5.75 Å². The number of nitrogens with one attached hydrogen (secondary N) is 1. The Hall–Kier alpha value is -2.06. The molecule has 2 aromatic rings. The van der Waals surface area contributed by atoms with E-state index >= 15 is 0 Å². The number of halogens is 3. The molecule has 1 saturated heterocycles. The molecule has 0 aliphatic carbocycles. The van der Waals surface area contributed by atoms with E-state index in [1.54, 1.807) is 11.3 Å². The minimum atomic E-state index is -4.74. The van der Waals surface area contributed by atoms with E-state index in [1.165, 1.54) is 17.0 Å². The first kappa shape index (κ1) is 18.7. The average Bonchev–Trinajstić information content (AvgIpc) is 3.28. The van der Waals surface area contributed by atoms with Gasteiger partial charge in [0.25, 0.3) is 5.91 Å². The van der Waals surface area contributed by atoms with Gasteiger partial charge in [0.1, 0.15) is 5.75 Å². The van der Waals surface area contributed by atoms with Crippen molar-refractivity contribution in [2.24, 2.45) is 0 Å². The predicted molar refractivity (Wildman–Crippen MR) is 93.3 cm³/mol. The van der Waals surface area contributed by atoms with Gasteiger partial charge in [-0.2, -0.15) is 0 Å². The summed E-state index contributed by atoms with van der Waals surface area (Å²) in [5, 5.41) is 4.91. The Morgan fingerprint density at radius 1 is 1.19 bits per heavy atom. The molecule has 1 aromatic carbocycles. The van der Waals surface area contributed by atoms with E-state index in [0.717, 1.165) is 38.1 Å². The lowest BCUT2D eigenvalue weighted by atomic mass is 10.1. The molecule has 1 aliphatic rings. The van der Waals surface area contributed by atoms with Gasteiger partial charge in [-0.05, 0) is 61.6 Å². The van der Waals surface area contributed by atoms with Crippen LogP contribution in [0.3, 0.4) is 0 Å². The normalized spacial score (nSPS) is 16.4. The van der Waals surface area contributed by atoms with Crippen molar-refractivity contribution in [2.45, 2.75) is 25.2 Å². The second-order valence-electron chi connectivity index (χ2n) is 6.06. The average molecular weight is 384 g/mol. The van der Waals surface area contributed by atoms with E-state index in [4.69, 9.17) is 0 Å². The van der Waals surface area contributed by atoms with Crippen LogP contribution in [-0.2, 0) is 0 Å². The van der Waals surface area contributed by atoms with Crippen molar-refractivity contribution in [1.29, 1.82) is 0 Å². The molecule has 8 heteroatoms. The van der Waals surface area contributed by atoms with Gasteiger partial charge >= 0.3 is 6.36 Å². The number of amides is 1. The summed E-state index contributed by atoms with van der Waals surface area (Å²) in [6.45, 7) is 2.46. The number of ether oxygens (including phenoxy) is 1. The van der Waals surface area contributed by atoms with Crippen LogP contribution in [0.2, 0.25) is 0 Å². The smallest absolute Gasteiger partial charge is 0.406 e. The molecule has 140 valence electrons. The summed E-state index contributed by atoms with van der Waals surface area (Å²) < 4.78 is 40.4. The molecule has 1 aromatic heterocycles. The topological polar surface area (TPSA) is 41.6 Å². The third kappa shape index (κ3) is 4.98. The lowest BCUT2D eigenvalue weighted by molar-refractivity contribution is -0.274. The summed E-state index contributed by atoms with van der Waals surface area (Å²) in [5.41, 5.74) is 0.297. The van der Waals surface area contributed by atoms with Gasteiger partial charge in [-0.1, -0.05) is 6.07 Å². The van der Waals surface area contributed by atoms with Crippen LogP contribution in [0.5, 0.6) is 5.75 Å². The molecular weight excluding hydrogens is 365 g/mol. The van der Waals surface area contributed by atoms with Crippen LogP contribution in [0.15, 0.2) is 41.8 Å². The van der Waals surface area contributed by atoms with Crippen LogP contribution in [-0.4, -0.2) is 36.8 Å². The highest BCUT2D eigenvalue weighted by molar-refractivity contribution is 7.10. The Bertz CT molecular complexity index is 711. The van der Waals surface area contributed by atoms with E-state index in [9.17, 15) is 18.0 Å². The molecule has 0 bridgehead atoms. The highest BCUT2D eigenvalue weighted by Crippen LogP contribution is 2.28. The Morgan fingerprint density at radius 2 is 1.88 bits per heavy atom. The quantitative estimate of drug-likeness (QED) is 0.811. The fourth-order valence-corrected chi connectivity index (χ4v) is 3.90. The molecule has 2 heterocycles. The summed E-state index contributed by atoms with van der Waals surface area (Å²) in [7, 11) is 0.